The summed E-state index contributed by atoms with van der Waals surface area (Å²) in [6.07, 6.45) is 5.10. The van der Waals surface area contributed by atoms with Crippen LogP contribution in [0.3, 0.4) is 0 Å². The van der Waals surface area contributed by atoms with Gasteiger partial charge in [0.05, 0.1) is 18.6 Å². The first kappa shape index (κ1) is 12.0. The maximum atomic E-state index is 6.12. The summed E-state index contributed by atoms with van der Waals surface area (Å²) in [6, 6.07) is 4.30. The first-order chi connectivity index (χ1) is 8.70. The first-order valence-electron chi connectivity index (χ1n) is 6.80. The highest BCUT2D eigenvalue weighted by Crippen LogP contribution is 2.40. The highest BCUT2D eigenvalue weighted by atomic mass is 32.1. The molecule has 2 heterocycles. The average molecular weight is 263 g/mol. The minimum atomic E-state index is 0.223. The zero-order chi connectivity index (χ0) is 12.6. The van der Waals surface area contributed by atoms with Crippen LogP contribution in [0.4, 0.5) is 0 Å². The molecule has 0 bridgehead atoms. The van der Waals surface area contributed by atoms with E-state index in [0.717, 1.165) is 25.0 Å². The Balaban J connectivity index is 1.78. The van der Waals surface area contributed by atoms with Gasteiger partial charge in [0.1, 0.15) is 0 Å². The van der Waals surface area contributed by atoms with E-state index < -0.39 is 0 Å². The summed E-state index contributed by atoms with van der Waals surface area (Å²) < 4.78 is 0. The Morgan fingerprint density at radius 1 is 1.50 bits per heavy atom. The molecule has 18 heavy (non-hydrogen) atoms. The Labute approximate surface area is 113 Å². The number of rotatable bonds is 2. The van der Waals surface area contributed by atoms with Gasteiger partial charge >= 0.3 is 0 Å². The minimum Gasteiger partial charge on any atom is -0.370 e. The average Bonchev–Trinajstić information content (AvgIpc) is 2.97. The second-order valence-corrected chi connectivity index (χ2v) is 6.78. The first-order valence-corrected chi connectivity index (χ1v) is 7.67. The standard InChI is InChI=1S/C14H21N3S/c1-11-4-6-14(7-5-11)10-16-13(15)17(14)9-12-3-2-8-18-12/h2-3,8,11H,4-7,9-10H2,1H3,(H2,15,16). The fourth-order valence-electron chi connectivity index (χ4n) is 3.18. The lowest BCUT2D eigenvalue weighted by molar-refractivity contribution is 0.116. The SMILES string of the molecule is CC1CCC2(CC1)CN=C(N)N2Cc1cccs1. The summed E-state index contributed by atoms with van der Waals surface area (Å²) in [5, 5.41) is 2.13. The Morgan fingerprint density at radius 2 is 2.28 bits per heavy atom. The summed E-state index contributed by atoms with van der Waals surface area (Å²) >= 11 is 1.81. The van der Waals surface area contributed by atoms with Crippen molar-refractivity contribution in [1.82, 2.24) is 4.90 Å². The molecule has 0 aromatic carbocycles. The minimum absolute atomic E-state index is 0.223. The number of nitrogens with zero attached hydrogens (tertiary/aromatic N) is 2. The number of thiophene rings is 1. The van der Waals surface area contributed by atoms with E-state index in [1.807, 2.05) is 11.3 Å². The monoisotopic (exact) mass is 263 g/mol. The van der Waals surface area contributed by atoms with Crippen molar-refractivity contribution in [2.45, 2.75) is 44.7 Å². The van der Waals surface area contributed by atoms with E-state index in [1.54, 1.807) is 0 Å². The summed E-state index contributed by atoms with van der Waals surface area (Å²) in [5.41, 5.74) is 6.34. The van der Waals surface area contributed by atoms with Crippen LogP contribution in [0, 0.1) is 5.92 Å². The van der Waals surface area contributed by atoms with Crippen LogP contribution in [-0.4, -0.2) is 22.9 Å². The predicted octanol–water partition coefficient (Wildman–Crippen LogP) is 2.83. The molecule has 1 spiro atoms. The van der Waals surface area contributed by atoms with Crippen LogP contribution in [0.2, 0.25) is 0 Å². The van der Waals surface area contributed by atoms with Crippen LogP contribution in [0.15, 0.2) is 22.5 Å². The molecule has 2 aliphatic rings. The summed E-state index contributed by atoms with van der Waals surface area (Å²) in [7, 11) is 0. The molecule has 0 saturated heterocycles. The van der Waals surface area contributed by atoms with Gasteiger partial charge in [0, 0.05) is 4.88 Å². The highest BCUT2D eigenvalue weighted by Gasteiger charge is 2.43. The van der Waals surface area contributed by atoms with Gasteiger partial charge in [0.15, 0.2) is 5.96 Å². The number of guanidine groups is 1. The van der Waals surface area contributed by atoms with Crippen molar-refractivity contribution < 1.29 is 0 Å². The quantitative estimate of drug-likeness (QED) is 0.891. The van der Waals surface area contributed by atoms with E-state index in [4.69, 9.17) is 5.73 Å². The molecular weight excluding hydrogens is 242 g/mol. The highest BCUT2D eigenvalue weighted by molar-refractivity contribution is 7.09. The molecule has 98 valence electrons. The van der Waals surface area contributed by atoms with Crippen molar-refractivity contribution in [2.75, 3.05) is 6.54 Å². The maximum absolute atomic E-state index is 6.12. The Kier molecular flexibility index (Phi) is 3.06. The van der Waals surface area contributed by atoms with Gasteiger partial charge in [-0.05, 0) is 43.0 Å². The molecule has 0 atom stereocenters. The van der Waals surface area contributed by atoms with E-state index in [-0.39, 0.29) is 5.54 Å². The van der Waals surface area contributed by atoms with Crippen molar-refractivity contribution in [3.8, 4) is 0 Å². The van der Waals surface area contributed by atoms with E-state index in [0.29, 0.717) is 0 Å². The third kappa shape index (κ3) is 2.03. The molecular formula is C14H21N3S. The number of nitrogens with two attached hydrogens (primary N) is 1. The van der Waals surface area contributed by atoms with Crippen molar-refractivity contribution in [3.63, 3.8) is 0 Å². The van der Waals surface area contributed by atoms with Gasteiger partial charge in [-0.15, -0.1) is 11.3 Å². The molecule has 1 aliphatic heterocycles. The van der Waals surface area contributed by atoms with Gasteiger partial charge in [-0.25, -0.2) is 0 Å². The molecule has 4 heteroatoms. The molecule has 2 N–H and O–H groups in total. The zero-order valence-corrected chi connectivity index (χ0v) is 11.7. The Morgan fingerprint density at radius 3 is 2.94 bits per heavy atom. The summed E-state index contributed by atoms with van der Waals surface area (Å²) in [4.78, 5) is 8.27. The van der Waals surface area contributed by atoms with Crippen LogP contribution >= 0.6 is 11.3 Å². The van der Waals surface area contributed by atoms with Crippen LogP contribution in [-0.2, 0) is 6.54 Å². The van der Waals surface area contributed by atoms with Gasteiger partial charge in [-0.3, -0.25) is 4.99 Å². The lowest BCUT2D eigenvalue weighted by Crippen LogP contribution is -2.52. The van der Waals surface area contributed by atoms with Crippen molar-refractivity contribution >= 4 is 17.3 Å². The molecule has 0 unspecified atom stereocenters. The largest absolute Gasteiger partial charge is 0.370 e. The molecule has 0 amide bonds. The Hall–Kier alpha value is -1.03. The molecule has 1 aliphatic carbocycles. The molecule has 3 rings (SSSR count). The lowest BCUT2D eigenvalue weighted by Gasteiger charge is -2.43. The van der Waals surface area contributed by atoms with Gasteiger partial charge in [0.25, 0.3) is 0 Å². The fraction of sp³-hybridized carbons (Fsp3) is 0.643. The zero-order valence-electron chi connectivity index (χ0n) is 10.9. The number of hydrogen-bond acceptors (Lipinski definition) is 4. The molecule has 1 aromatic heterocycles. The predicted molar refractivity (Wildman–Crippen MR) is 76.7 cm³/mol. The second-order valence-electron chi connectivity index (χ2n) is 5.75. The normalized spacial score (nSPS) is 31.9. The molecule has 1 saturated carbocycles. The second kappa shape index (κ2) is 4.57. The van der Waals surface area contributed by atoms with E-state index >= 15 is 0 Å². The lowest BCUT2D eigenvalue weighted by atomic mass is 9.76. The van der Waals surface area contributed by atoms with Gasteiger partial charge < -0.3 is 10.6 Å². The fourth-order valence-corrected chi connectivity index (χ4v) is 3.87. The Bertz CT molecular complexity index is 430. The van der Waals surface area contributed by atoms with Crippen LogP contribution in [0.5, 0.6) is 0 Å². The molecule has 1 fully saturated rings. The van der Waals surface area contributed by atoms with Gasteiger partial charge in [-0.2, -0.15) is 0 Å². The molecule has 1 aromatic rings. The maximum Gasteiger partial charge on any atom is 0.192 e. The van der Waals surface area contributed by atoms with Gasteiger partial charge in [0.2, 0.25) is 0 Å². The van der Waals surface area contributed by atoms with Crippen LogP contribution in [0.25, 0.3) is 0 Å². The van der Waals surface area contributed by atoms with Crippen LogP contribution < -0.4 is 5.73 Å². The van der Waals surface area contributed by atoms with Crippen molar-refractivity contribution in [2.24, 2.45) is 16.6 Å². The summed E-state index contributed by atoms with van der Waals surface area (Å²) in [6.45, 7) is 4.19. The molecule has 3 nitrogen and oxygen atoms in total. The number of aliphatic imine (C=N–C) groups is 1. The van der Waals surface area contributed by atoms with Crippen molar-refractivity contribution in [1.29, 1.82) is 0 Å². The smallest absolute Gasteiger partial charge is 0.192 e. The topological polar surface area (TPSA) is 41.6 Å². The van der Waals surface area contributed by atoms with Crippen LogP contribution in [0.1, 0.15) is 37.5 Å². The van der Waals surface area contributed by atoms with E-state index in [1.165, 1.54) is 30.6 Å². The summed E-state index contributed by atoms with van der Waals surface area (Å²) in [5.74, 6) is 1.61. The van der Waals surface area contributed by atoms with E-state index in [2.05, 4.69) is 34.3 Å². The molecule has 0 radical (unpaired) electrons. The third-order valence-electron chi connectivity index (χ3n) is 4.48. The van der Waals surface area contributed by atoms with Gasteiger partial charge in [-0.1, -0.05) is 13.0 Å². The van der Waals surface area contributed by atoms with E-state index in [9.17, 15) is 0 Å². The number of hydrogen-bond donors (Lipinski definition) is 1. The van der Waals surface area contributed by atoms with Crippen molar-refractivity contribution in [3.05, 3.63) is 22.4 Å². The third-order valence-corrected chi connectivity index (χ3v) is 5.34.